The predicted octanol–water partition coefficient (Wildman–Crippen LogP) is 7.12. The van der Waals surface area contributed by atoms with E-state index in [0.29, 0.717) is 40.6 Å². The van der Waals surface area contributed by atoms with Gasteiger partial charge in [0.1, 0.15) is 0 Å². The van der Waals surface area contributed by atoms with Gasteiger partial charge in [0.2, 0.25) is 5.91 Å². The summed E-state index contributed by atoms with van der Waals surface area (Å²) in [6, 6.07) is 18.3. The summed E-state index contributed by atoms with van der Waals surface area (Å²) in [5, 5.41) is 1.00. The number of allylic oxidation sites excluding steroid dienone is 1. The Hall–Kier alpha value is -3.41. The van der Waals surface area contributed by atoms with Crippen LogP contribution in [0, 0.1) is 6.92 Å². The van der Waals surface area contributed by atoms with Crippen LogP contribution in [0.5, 0.6) is 0 Å². The number of carbonyl (C=O) groups is 3. The van der Waals surface area contributed by atoms with E-state index in [1.165, 1.54) is 7.11 Å². The zero-order valence-corrected chi connectivity index (χ0v) is 22.9. The zero-order valence-electron chi connectivity index (χ0n) is 21.4. The molecule has 196 valence electrons. The van der Waals surface area contributed by atoms with E-state index in [1.807, 2.05) is 54.3 Å². The first-order valence-corrected chi connectivity index (χ1v) is 13.3. The van der Waals surface area contributed by atoms with Crippen molar-refractivity contribution in [3.8, 4) is 11.1 Å². The van der Waals surface area contributed by atoms with Crippen LogP contribution in [-0.4, -0.2) is 42.3 Å². The molecule has 3 aromatic carbocycles. The average Bonchev–Trinajstić information content (AvgIpc) is 3.29. The highest BCUT2D eigenvalue weighted by molar-refractivity contribution is 6.42. The second kappa shape index (κ2) is 12.4. The highest BCUT2D eigenvalue weighted by Crippen LogP contribution is 2.34. The van der Waals surface area contributed by atoms with E-state index in [4.69, 9.17) is 27.9 Å². The Bertz CT molecular complexity index is 1380. The van der Waals surface area contributed by atoms with Gasteiger partial charge < -0.3 is 9.64 Å². The molecular weight excluding hydrogens is 521 g/mol. The number of hydrogen-bond acceptors (Lipinski definition) is 4. The molecule has 0 unspecified atom stereocenters. The van der Waals surface area contributed by atoms with Crippen molar-refractivity contribution in [3.63, 3.8) is 0 Å². The van der Waals surface area contributed by atoms with Crippen LogP contribution >= 0.6 is 23.2 Å². The van der Waals surface area contributed by atoms with Crippen molar-refractivity contribution in [3.05, 3.63) is 105 Å². The lowest BCUT2D eigenvalue weighted by atomic mass is 9.97. The number of ether oxygens (including phenoxy) is 1. The van der Waals surface area contributed by atoms with Crippen molar-refractivity contribution < 1.29 is 19.1 Å². The fraction of sp³-hybridized carbons (Fsp3) is 0.258. The number of rotatable bonds is 9. The van der Waals surface area contributed by atoms with E-state index in [-0.39, 0.29) is 23.7 Å². The molecule has 0 spiro atoms. The number of ketones is 1. The highest BCUT2D eigenvalue weighted by Gasteiger charge is 2.28. The van der Waals surface area contributed by atoms with Crippen molar-refractivity contribution in [1.29, 1.82) is 0 Å². The van der Waals surface area contributed by atoms with Gasteiger partial charge in [-0.25, -0.2) is 4.79 Å². The third-order valence-corrected chi connectivity index (χ3v) is 7.78. The summed E-state index contributed by atoms with van der Waals surface area (Å²) in [6.07, 6.45) is 6.15. The molecule has 1 heterocycles. The van der Waals surface area contributed by atoms with Crippen molar-refractivity contribution in [2.75, 3.05) is 13.7 Å². The summed E-state index contributed by atoms with van der Waals surface area (Å²) >= 11 is 12.4. The molecule has 7 heteroatoms. The number of halogens is 2. The van der Waals surface area contributed by atoms with Gasteiger partial charge in [-0.2, -0.15) is 0 Å². The van der Waals surface area contributed by atoms with Gasteiger partial charge in [0.15, 0.2) is 5.78 Å². The molecule has 1 saturated heterocycles. The monoisotopic (exact) mass is 549 g/mol. The van der Waals surface area contributed by atoms with Crippen molar-refractivity contribution in [2.24, 2.45) is 0 Å². The molecule has 1 aliphatic rings. The van der Waals surface area contributed by atoms with Crippen LogP contribution in [0.3, 0.4) is 0 Å². The second-order valence-electron chi connectivity index (χ2n) is 9.32. The average molecular weight is 550 g/mol. The molecular formula is C31H29Cl2NO4. The molecule has 1 aliphatic heterocycles. The van der Waals surface area contributed by atoms with Gasteiger partial charge in [-0.1, -0.05) is 65.7 Å². The van der Waals surface area contributed by atoms with Crippen LogP contribution in [0.25, 0.3) is 11.1 Å². The molecule has 0 saturated carbocycles. The minimum atomic E-state index is -0.361. The van der Waals surface area contributed by atoms with Crippen molar-refractivity contribution in [1.82, 2.24) is 4.90 Å². The number of carbonyl (C=O) groups excluding carboxylic acids is 3. The fourth-order valence-electron chi connectivity index (χ4n) is 4.72. The summed E-state index contributed by atoms with van der Waals surface area (Å²) < 4.78 is 4.73. The number of benzene rings is 3. The van der Waals surface area contributed by atoms with Gasteiger partial charge in [-0.3, -0.25) is 9.59 Å². The summed E-state index contributed by atoms with van der Waals surface area (Å²) in [5.41, 5.74) is 4.83. The molecule has 5 nitrogen and oxygen atoms in total. The third kappa shape index (κ3) is 6.35. The molecule has 1 atom stereocenters. The van der Waals surface area contributed by atoms with Crippen LogP contribution in [-0.2, 0) is 16.0 Å². The largest absolute Gasteiger partial charge is 0.465 e. The third-order valence-electron chi connectivity index (χ3n) is 6.88. The van der Waals surface area contributed by atoms with Crippen LogP contribution in [0.2, 0.25) is 10.0 Å². The standard InChI is InChI=1S/C31H29Cl2NO4/c1-20-26(14-15-27(32)30(20)33)23-6-3-7-24(19-23)28(35)16-12-25-13-17-29(36)34(25)18-4-5-21-8-10-22(11-9-21)31(37)38-2/h3,6-12,14-16,19,25H,4-5,13,17-18H2,1-2H3/b16-12+/t25-/m0/s1. The number of hydrogen-bond donors (Lipinski definition) is 0. The van der Waals surface area contributed by atoms with E-state index < -0.39 is 0 Å². The molecule has 1 amide bonds. The Morgan fingerprint density at radius 3 is 2.55 bits per heavy atom. The zero-order chi connectivity index (χ0) is 27.2. The van der Waals surface area contributed by atoms with E-state index in [0.717, 1.165) is 35.1 Å². The van der Waals surface area contributed by atoms with E-state index >= 15 is 0 Å². The molecule has 0 radical (unpaired) electrons. The van der Waals surface area contributed by atoms with Crippen LogP contribution in [0.15, 0.2) is 72.8 Å². The van der Waals surface area contributed by atoms with Gasteiger partial charge in [-0.15, -0.1) is 0 Å². The Morgan fingerprint density at radius 1 is 1.05 bits per heavy atom. The quantitative estimate of drug-likeness (QED) is 0.162. The van der Waals surface area contributed by atoms with Crippen LogP contribution < -0.4 is 0 Å². The lowest BCUT2D eigenvalue weighted by Gasteiger charge is -2.22. The summed E-state index contributed by atoms with van der Waals surface area (Å²) in [6.45, 7) is 2.51. The summed E-state index contributed by atoms with van der Waals surface area (Å²) in [7, 11) is 1.36. The first-order valence-electron chi connectivity index (χ1n) is 12.5. The Morgan fingerprint density at radius 2 is 1.82 bits per heavy atom. The first kappa shape index (κ1) is 27.6. The number of amides is 1. The van der Waals surface area contributed by atoms with E-state index in [9.17, 15) is 14.4 Å². The second-order valence-corrected chi connectivity index (χ2v) is 10.1. The molecule has 0 aliphatic carbocycles. The molecule has 0 aromatic heterocycles. The molecule has 38 heavy (non-hydrogen) atoms. The van der Waals surface area contributed by atoms with E-state index in [2.05, 4.69) is 0 Å². The topological polar surface area (TPSA) is 63.7 Å². The number of nitrogens with zero attached hydrogens (tertiary/aromatic N) is 1. The lowest BCUT2D eigenvalue weighted by molar-refractivity contribution is -0.128. The molecule has 4 rings (SSSR count). The number of likely N-dealkylation sites (tertiary alicyclic amines) is 1. The number of methoxy groups -OCH3 is 1. The van der Waals surface area contributed by atoms with Crippen molar-refractivity contribution in [2.45, 2.75) is 38.6 Å². The molecule has 0 bridgehead atoms. The Kier molecular flexibility index (Phi) is 9.03. The first-order chi connectivity index (χ1) is 18.3. The molecule has 0 N–H and O–H groups in total. The minimum Gasteiger partial charge on any atom is -0.465 e. The van der Waals surface area contributed by atoms with Gasteiger partial charge in [0.25, 0.3) is 0 Å². The normalized spacial score (nSPS) is 15.3. The Labute approximate surface area is 233 Å². The molecule has 1 fully saturated rings. The minimum absolute atomic E-state index is 0.102. The van der Waals surface area contributed by atoms with Crippen LogP contribution in [0.4, 0.5) is 0 Å². The SMILES string of the molecule is COC(=O)c1ccc(CCCN2C(=O)CC[C@@H]2/C=C/C(=O)c2cccc(-c3ccc(Cl)c(Cl)c3C)c2)cc1. The molecule has 3 aromatic rings. The number of aryl methyl sites for hydroxylation is 1. The smallest absolute Gasteiger partial charge is 0.337 e. The summed E-state index contributed by atoms with van der Waals surface area (Å²) in [5.74, 6) is -0.376. The maximum atomic E-state index is 13.0. The van der Waals surface area contributed by atoms with Gasteiger partial charge in [-0.05, 0) is 78.8 Å². The summed E-state index contributed by atoms with van der Waals surface area (Å²) in [4.78, 5) is 39.0. The van der Waals surface area contributed by atoms with E-state index in [1.54, 1.807) is 30.3 Å². The number of esters is 1. The maximum Gasteiger partial charge on any atom is 0.337 e. The lowest BCUT2D eigenvalue weighted by Crippen LogP contribution is -2.33. The maximum absolute atomic E-state index is 13.0. The van der Waals surface area contributed by atoms with Gasteiger partial charge in [0.05, 0.1) is 28.8 Å². The van der Waals surface area contributed by atoms with Gasteiger partial charge in [0, 0.05) is 18.5 Å². The van der Waals surface area contributed by atoms with Crippen LogP contribution in [0.1, 0.15) is 51.1 Å². The highest BCUT2D eigenvalue weighted by atomic mass is 35.5. The van der Waals surface area contributed by atoms with Gasteiger partial charge >= 0.3 is 5.97 Å². The predicted molar refractivity (Wildman–Crippen MR) is 151 cm³/mol. The van der Waals surface area contributed by atoms with Crippen molar-refractivity contribution >= 4 is 40.9 Å². The fourth-order valence-corrected chi connectivity index (χ4v) is 5.09. The Balaban J connectivity index is 1.38.